The maximum Gasteiger partial charge on any atom is 0.418 e. The number of alkyl halides is 3. The zero-order valence-electron chi connectivity index (χ0n) is 14.3. The van der Waals surface area contributed by atoms with Gasteiger partial charge in [-0.2, -0.15) is 17.7 Å². The first-order chi connectivity index (χ1) is 11.8. The van der Waals surface area contributed by atoms with Crippen molar-refractivity contribution in [1.29, 1.82) is 0 Å². The monoisotopic (exact) mass is 351 g/mol. The summed E-state index contributed by atoms with van der Waals surface area (Å²) in [5.41, 5.74) is 0.121. The molecule has 3 nitrogen and oxygen atoms in total. The van der Waals surface area contributed by atoms with Crippen LogP contribution in [0.4, 0.5) is 18.9 Å². The van der Waals surface area contributed by atoms with Gasteiger partial charge < -0.3 is 5.32 Å². The highest BCUT2D eigenvalue weighted by atomic mass is 19.4. The van der Waals surface area contributed by atoms with Crippen LogP contribution < -0.4 is 9.88 Å². The summed E-state index contributed by atoms with van der Waals surface area (Å²) in [4.78, 5) is 12.1. The van der Waals surface area contributed by atoms with Crippen LogP contribution in [0.5, 0.6) is 0 Å². The molecule has 134 valence electrons. The molecule has 0 aliphatic carbocycles. The van der Waals surface area contributed by atoms with Crippen molar-refractivity contribution in [2.45, 2.75) is 45.3 Å². The average Bonchev–Trinajstić information content (AvgIpc) is 2.57. The van der Waals surface area contributed by atoms with Gasteiger partial charge in [0.15, 0.2) is 12.4 Å². The van der Waals surface area contributed by atoms with Gasteiger partial charge >= 0.3 is 6.18 Å². The molecule has 6 heteroatoms. The van der Waals surface area contributed by atoms with E-state index in [9.17, 15) is 18.0 Å². The number of nitrogens with zero attached hydrogens (tertiary/aromatic N) is 1. The Labute approximate surface area is 145 Å². The number of anilines is 1. The van der Waals surface area contributed by atoms with Crippen LogP contribution in [0.15, 0.2) is 48.8 Å². The highest BCUT2D eigenvalue weighted by Gasteiger charge is 2.33. The Morgan fingerprint density at radius 3 is 2.24 bits per heavy atom. The summed E-state index contributed by atoms with van der Waals surface area (Å²) < 4.78 is 40.5. The van der Waals surface area contributed by atoms with Crippen LogP contribution in [0.3, 0.4) is 0 Å². The summed E-state index contributed by atoms with van der Waals surface area (Å²) in [5.74, 6) is -0.0286. The SMILES string of the molecule is CCC(CC)c1cc[n+](CC(=O)Nc2ccccc2C(F)(F)F)cc1. The number of carbonyl (C=O) groups excluding carboxylic acids is 1. The lowest BCUT2D eigenvalue weighted by molar-refractivity contribution is -0.684. The van der Waals surface area contributed by atoms with Gasteiger partial charge in [0.25, 0.3) is 5.91 Å². The lowest BCUT2D eigenvalue weighted by atomic mass is 9.95. The Bertz CT molecular complexity index is 707. The Morgan fingerprint density at radius 1 is 1.08 bits per heavy atom. The minimum atomic E-state index is -4.51. The smallest absolute Gasteiger partial charge is 0.320 e. The molecule has 1 aromatic heterocycles. The van der Waals surface area contributed by atoms with Crippen LogP contribution in [0, 0.1) is 0 Å². The number of para-hydroxylation sites is 1. The van der Waals surface area contributed by atoms with E-state index in [0.717, 1.165) is 18.9 Å². The molecule has 0 saturated heterocycles. The summed E-state index contributed by atoms with van der Waals surface area (Å²) in [5, 5.41) is 2.35. The topological polar surface area (TPSA) is 33.0 Å². The number of carbonyl (C=O) groups is 1. The first kappa shape index (κ1) is 19.0. The van der Waals surface area contributed by atoms with Crippen molar-refractivity contribution in [3.05, 3.63) is 59.9 Å². The van der Waals surface area contributed by atoms with Crippen molar-refractivity contribution in [2.75, 3.05) is 5.32 Å². The molecule has 2 rings (SSSR count). The summed E-state index contributed by atoms with van der Waals surface area (Å²) in [6.07, 6.45) is 1.13. The number of pyridine rings is 1. The molecule has 1 N–H and O–H groups in total. The fraction of sp³-hybridized carbons (Fsp3) is 0.368. The van der Waals surface area contributed by atoms with Crippen molar-refractivity contribution in [3.8, 4) is 0 Å². The Hall–Kier alpha value is -2.37. The zero-order valence-corrected chi connectivity index (χ0v) is 14.3. The van der Waals surface area contributed by atoms with Crippen LogP contribution in [0.2, 0.25) is 0 Å². The predicted octanol–water partition coefficient (Wildman–Crippen LogP) is 4.54. The molecule has 0 fully saturated rings. The van der Waals surface area contributed by atoms with E-state index in [1.165, 1.54) is 23.8 Å². The van der Waals surface area contributed by atoms with Gasteiger partial charge in [-0.15, -0.1) is 0 Å². The molecular weight excluding hydrogens is 329 g/mol. The molecule has 1 amide bonds. The van der Waals surface area contributed by atoms with Crippen LogP contribution in [-0.4, -0.2) is 5.91 Å². The third kappa shape index (κ3) is 5.05. The molecule has 0 radical (unpaired) electrons. The van der Waals surface area contributed by atoms with Crippen LogP contribution in [0.25, 0.3) is 0 Å². The molecule has 0 unspecified atom stereocenters. The third-order valence-corrected chi connectivity index (χ3v) is 4.21. The van der Waals surface area contributed by atoms with Crippen molar-refractivity contribution >= 4 is 11.6 Å². The lowest BCUT2D eigenvalue weighted by Gasteiger charge is -2.13. The van der Waals surface area contributed by atoms with E-state index in [0.29, 0.717) is 5.92 Å². The molecule has 1 heterocycles. The number of aromatic nitrogens is 1. The van der Waals surface area contributed by atoms with Gasteiger partial charge in [-0.05, 0) is 36.5 Å². The van der Waals surface area contributed by atoms with E-state index < -0.39 is 17.6 Å². The van der Waals surface area contributed by atoms with E-state index >= 15 is 0 Å². The number of nitrogens with one attached hydrogen (secondary N) is 1. The fourth-order valence-corrected chi connectivity index (χ4v) is 2.80. The van der Waals surface area contributed by atoms with Gasteiger partial charge in [-0.25, -0.2) is 0 Å². The highest BCUT2D eigenvalue weighted by molar-refractivity contribution is 5.90. The largest absolute Gasteiger partial charge is 0.418 e. The summed E-state index contributed by atoms with van der Waals surface area (Å²) in [7, 11) is 0. The minimum absolute atomic E-state index is 0.0462. The van der Waals surface area contributed by atoms with Gasteiger partial charge in [0, 0.05) is 12.1 Å². The Kier molecular flexibility index (Phi) is 6.17. The predicted molar refractivity (Wildman–Crippen MR) is 90.0 cm³/mol. The second kappa shape index (κ2) is 8.14. The summed E-state index contributed by atoms with van der Waals surface area (Å²) >= 11 is 0. The number of amides is 1. The molecule has 0 atom stereocenters. The zero-order chi connectivity index (χ0) is 18.4. The van der Waals surface area contributed by atoms with Crippen molar-refractivity contribution < 1.29 is 22.5 Å². The number of halogens is 3. The summed E-state index contributed by atoms with van der Waals surface area (Å²) in [6, 6.07) is 8.87. The van der Waals surface area contributed by atoms with E-state index in [1.54, 1.807) is 17.0 Å². The number of hydrogen-bond donors (Lipinski definition) is 1. The summed E-state index contributed by atoms with van der Waals surface area (Å²) in [6.45, 7) is 4.21. The highest BCUT2D eigenvalue weighted by Crippen LogP contribution is 2.34. The van der Waals surface area contributed by atoms with Gasteiger partial charge in [0.1, 0.15) is 0 Å². The molecular formula is C19H22F3N2O+. The second-order valence-corrected chi connectivity index (χ2v) is 5.91. The maximum absolute atomic E-state index is 13.0. The van der Waals surface area contributed by atoms with Gasteiger partial charge in [0.05, 0.1) is 11.3 Å². The number of hydrogen-bond acceptors (Lipinski definition) is 1. The molecule has 25 heavy (non-hydrogen) atoms. The normalized spacial score (nSPS) is 11.6. The average molecular weight is 351 g/mol. The Balaban J connectivity index is 2.06. The fourth-order valence-electron chi connectivity index (χ4n) is 2.80. The quantitative estimate of drug-likeness (QED) is 0.762. The number of rotatable bonds is 6. The molecule has 0 aliphatic rings. The lowest BCUT2D eigenvalue weighted by Crippen LogP contribution is -2.39. The van der Waals surface area contributed by atoms with E-state index in [-0.39, 0.29) is 12.2 Å². The van der Waals surface area contributed by atoms with Gasteiger partial charge in [0.2, 0.25) is 6.54 Å². The van der Waals surface area contributed by atoms with Crippen molar-refractivity contribution in [1.82, 2.24) is 0 Å². The molecule has 0 bridgehead atoms. The second-order valence-electron chi connectivity index (χ2n) is 5.91. The van der Waals surface area contributed by atoms with Crippen LogP contribution in [0.1, 0.15) is 43.7 Å². The number of benzene rings is 1. The van der Waals surface area contributed by atoms with Crippen LogP contribution >= 0.6 is 0 Å². The maximum atomic E-state index is 13.0. The van der Waals surface area contributed by atoms with Gasteiger partial charge in [-0.1, -0.05) is 26.0 Å². The minimum Gasteiger partial charge on any atom is -0.320 e. The molecule has 0 spiro atoms. The standard InChI is InChI=1S/C19H21F3N2O/c1-3-14(4-2)15-9-11-24(12-10-15)13-18(25)23-17-8-6-5-7-16(17)19(20,21)22/h5-12,14H,3-4,13H2,1-2H3/p+1. The first-order valence-corrected chi connectivity index (χ1v) is 8.30. The first-order valence-electron chi connectivity index (χ1n) is 8.30. The molecule has 0 aliphatic heterocycles. The van der Waals surface area contributed by atoms with Gasteiger partial charge in [-0.3, -0.25) is 4.79 Å². The van der Waals surface area contributed by atoms with Crippen LogP contribution in [-0.2, 0) is 17.5 Å². The van der Waals surface area contributed by atoms with E-state index in [1.807, 2.05) is 12.1 Å². The van der Waals surface area contributed by atoms with Crippen molar-refractivity contribution in [3.63, 3.8) is 0 Å². The molecule has 1 aromatic carbocycles. The Morgan fingerprint density at radius 2 is 1.68 bits per heavy atom. The molecule has 2 aromatic rings. The molecule has 0 saturated carbocycles. The van der Waals surface area contributed by atoms with Crippen molar-refractivity contribution in [2.24, 2.45) is 0 Å². The van der Waals surface area contributed by atoms with E-state index in [4.69, 9.17) is 0 Å². The third-order valence-electron chi connectivity index (χ3n) is 4.21. The van der Waals surface area contributed by atoms with E-state index in [2.05, 4.69) is 19.2 Å².